The van der Waals surface area contributed by atoms with Gasteiger partial charge in [0, 0.05) is 28.8 Å². The minimum Gasteiger partial charge on any atom is -0.354 e. The molecule has 1 saturated heterocycles. The zero-order chi connectivity index (χ0) is 25.9. The van der Waals surface area contributed by atoms with Gasteiger partial charge in [-0.25, -0.2) is 0 Å². The first kappa shape index (κ1) is 25.7. The highest BCUT2D eigenvalue weighted by Crippen LogP contribution is 2.31. The second kappa shape index (κ2) is 9.78. The van der Waals surface area contributed by atoms with Crippen LogP contribution in [0.15, 0.2) is 71.0 Å². The summed E-state index contributed by atoms with van der Waals surface area (Å²) in [5, 5.41) is 9.72. The van der Waals surface area contributed by atoms with Crippen LogP contribution in [0.2, 0.25) is 0 Å². The Morgan fingerprint density at radius 1 is 0.943 bits per heavy atom. The summed E-state index contributed by atoms with van der Waals surface area (Å²) in [6.07, 6.45) is -5.67. The lowest BCUT2D eigenvalue weighted by Crippen LogP contribution is -2.52. The quantitative estimate of drug-likeness (QED) is 0.225. The van der Waals surface area contributed by atoms with Crippen molar-refractivity contribution in [2.24, 2.45) is 16.4 Å². The third kappa shape index (κ3) is 6.59. The van der Waals surface area contributed by atoms with E-state index in [-0.39, 0.29) is 0 Å². The molecule has 1 aliphatic rings. The zero-order valence-electron chi connectivity index (χ0n) is 18.8. The summed E-state index contributed by atoms with van der Waals surface area (Å²) in [5.74, 6) is 11.5. The van der Waals surface area contributed by atoms with E-state index in [1.54, 1.807) is 12.2 Å². The topological polar surface area (TPSA) is 62.4 Å². The van der Waals surface area contributed by atoms with Crippen LogP contribution < -0.4 is 16.5 Å². The Balaban J connectivity index is 2.02. The largest absolute Gasteiger partial charge is 0.416 e. The van der Waals surface area contributed by atoms with E-state index < -0.39 is 28.9 Å². The molecule has 0 atom stereocenters. The standard InChI is InChI=1S/C25H22F6N4/c1-23(2)15-33-22(35-32)34-21(23)18(9-3-16-5-11-19(12-6-16)24(26,27)28)10-4-17-7-13-20(14-8-17)25(29,30)31/h3,5-9,11-14H,15,32H2,1-2H3,(H2,33,34,35). The van der Waals surface area contributed by atoms with Crippen molar-refractivity contribution in [2.45, 2.75) is 26.2 Å². The Kier molecular flexibility index (Phi) is 7.19. The lowest BCUT2D eigenvalue weighted by Gasteiger charge is -2.35. The van der Waals surface area contributed by atoms with Gasteiger partial charge in [0.2, 0.25) is 5.96 Å². The molecule has 4 nitrogen and oxygen atoms in total. The van der Waals surface area contributed by atoms with Crippen LogP contribution in [0, 0.1) is 17.3 Å². The van der Waals surface area contributed by atoms with Gasteiger partial charge in [-0.3, -0.25) is 0 Å². The number of benzene rings is 2. The molecule has 0 saturated carbocycles. The highest BCUT2D eigenvalue weighted by molar-refractivity contribution is 5.83. The van der Waals surface area contributed by atoms with Crippen LogP contribution in [0.1, 0.15) is 36.1 Å². The number of allylic oxidation sites excluding steroid dienone is 2. The number of alkyl halides is 6. The number of nitrogens with zero attached hydrogens (tertiary/aromatic N) is 1. The maximum Gasteiger partial charge on any atom is 0.416 e. The van der Waals surface area contributed by atoms with E-state index in [1.165, 1.54) is 24.3 Å². The maximum atomic E-state index is 12.8. The molecule has 3 rings (SSSR count). The summed E-state index contributed by atoms with van der Waals surface area (Å²) in [6, 6.07) is 9.05. The molecule has 0 amide bonds. The number of nitrogens with two attached hydrogens (primary N) is 1. The molecule has 1 heterocycles. The molecule has 0 aliphatic carbocycles. The first-order valence-corrected chi connectivity index (χ1v) is 10.4. The van der Waals surface area contributed by atoms with E-state index in [1.807, 2.05) is 13.8 Å². The van der Waals surface area contributed by atoms with Gasteiger partial charge < -0.3 is 16.5 Å². The minimum atomic E-state index is -4.45. The highest BCUT2D eigenvalue weighted by atomic mass is 19.4. The van der Waals surface area contributed by atoms with Gasteiger partial charge in [0.1, 0.15) is 0 Å². The molecule has 2 aromatic carbocycles. The maximum absolute atomic E-state index is 12.8. The first-order chi connectivity index (χ1) is 16.3. The van der Waals surface area contributed by atoms with Crippen molar-refractivity contribution in [3.05, 3.63) is 88.1 Å². The molecular formula is C25H22F6N4. The molecule has 1 aliphatic heterocycles. The van der Waals surface area contributed by atoms with E-state index in [4.69, 9.17) is 5.84 Å². The number of hydrazone groups is 1. The van der Waals surface area contributed by atoms with E-state index >= 15 is 0 Å². The molecule has 0 bridgehead atoms. The fourth-order valence-electron chi connectivity index (χ4n) is 3.27. The first-order valence-electron chi connectivity index (χ1n) is 10.4. The summed E-state index contributed by atoms with van der Waals surface area (Å²) in [4.78, 5) is 0. The number of rotatable bonds is 2. The van der Waals surface area contributed by atoms with E-state index in [2.05, 4.69) is 27.6 Å². The highest BCUT2D eigenvalue weighted by Gasteiger charge is 2.32. The molecule has 35 heavy (non-hydrogen) atoms. The summed E-state index contributed by atoms with van der Waals surface area (Å²) in [5.41, 5.74) is -0.0390. The van der Waals surface area contributed by atoms with E-state index in [0.717, 1.165) is 24.3 Å². The molecule has 0 radical (unpaired) electrons. The van der Waals surface area contributed by atoms with Crippen molar-refractivity contribution in [1.29, 1.82) is 0 Å². The van der Waals surface area contributed by atoms with Gasteiger partial charge >= 0.3 is 12.4 Å². The summed E-state index contributed by atoms with van der Waals surface area (Å²) in [7, 11) is 0. The van der Waals surface area contributed by atoms with Gasteiger partial charge in [-0.05, 0) is 48.0 Å². The predicted molar refractivity (Wildman–Crippen MR) is 122 cm³/mol. The molecule has 0 spiro atoms. The Hall–Kier alpha value is -3.87. The summed E-state index contributed by atoms with van der Waals surface area (Å²) >= 11 is 0. The lowest BCUT2D eigenvalue weighted by molar-refractivity contribution is -0.138. The van der Waals surface area contributed by atoms with Crippen LogP contribution in [0.3, 0.4) is 0 Å². The molecule has 4 N–H and O–H groups in total. The Labute approximate surface area is 198 Å². The van der Waals surface area contributed by atoms with Crippen molar-refractivity contribution < 1.29 is 26.3 Å². The van der Waals surface area contributed by atoms with Crippen LogP contribution in [0.5, 0.6) is 0 Å². The molecule has 0 unspecified atom stereocenters. The fourth-order valence-corrected chi connectivity index (χ4v) is 3.27. The van der Waals surface area contributed by atoms with Crippen molar-refractivity contribution in [3.63, 3.8) is 0 Å². The van der Waals surface area contributed by atoms with Gasteiger partial charge in [-0.1, -0.05) is 43.9 Å². The molecule has 0 aromatic heterocycles. The molecule has 10 heteroatoms. The van der Waals surface area contributed by atoms with Crippen LogP contribution in [0.4, 0.5) is 26.3 Å². The molecular weight excluding hydrogens is 470 g/mol. The summed E-state index contributed by atoms with van der Waals surface area (Å²) in [6.45, 7) is 4.33. The van der Waals surface area contributed by atoms with Crippen molar-refractivity contribution in [3.8, 4) is 11.8 Å². The number of nitrogens with one attached hydrogen (secondary N) is 2. The second-order valence-corrected chi connectivity index (χ2v) is 8.41. The van der Waals surface area contributed by atoms with Gasteiger partial charge in [-0.2, -0.15) is 26.3 Å². The van der Waals surface area contributed by atoms with Crippen LogP contribution in [-0.2, 0) is 12.4 Å². The predicted octanol–water partition coefficient (Wildman–Crippen LogP) is 5.49. The third-order valence-electron chi connectivity index (χ3n) is 5.25. The average molecular weight is 492 g/mol. The SMILES string of the molecule is CC1(C)CNC(=NN)NC1=C(C#Cc1ccc(C(F)(F)F)cc1)C=Cc1ccc(C(F)(F)F)cc1. The monoisotopic (exact) mass is 492 g/mol. The Bertz CT molecular complexity index is 1210. The van der Waals surface area contributed by atoms with Crippen molar-refractivity contribution >= 4 is 12.0 Å². The lowest BCUT2D eigenvalue weighted by atomic mass is 9.84. The van der Waals surface area contributed by atoms with Gasteiger partial charge in [0.25, 0.3) is 0 Å². The van der Waals surface area contributed by atoms with Gasteiger partial charge in [-0.15, -0.1) is 5.10 Å². The van der Waals surface area contributed by atoms with E-state index in [9.17, 15) is 26.3 Å². The minimum absolute atomic E-state index is 0.302. The fraction of sp³-hybridized carbons (Fsp3) is 0.240. The number of hydrogen-bond acceptors (Lipinski definition) is 2. The molecule has 1 fully saturated rings. The normalized spacial score (nSPS) is 18.5. The van der Waals surface area contributed by atoms with Crippen LogP contribution in [-0.4, -0.2) is 12.5 Å². The zero-order valence-corrected chi connectivity index (χ0v) is 18.8. The smallest absolute Gasteiger partial charge is 0.354 e. The average Bonchev–Trinajstić information content (AvgIpc) is 2.79. The number of guanidine groups is 1. The third-order valence-corrected chi connectivity index (χ3v) is 5.25. The van der Waals surface area contributed by atoms with Crippen molar-refractivity contribution in [1.82, 2.24) is 10.6 Å². The van der Waals surface area contributed by atoms with Gasteiger partial charge in [0.05, 0.1) is 11.1 Å². The summed E-state index contributed by atoms with van der Waals surface area (Å²) < 4.78 is 77.0. The number of hydrogen-bond donors (Lipinski definition) is 3. The molecule has 2 aromatic rings. The van der Waals surface area contributed by atoms with Gasteiger partial charge in [0.15, 0.2) is 0 Å². The number of halogens is 6. The Morgan fingerprint density at radius 2 is 1.49 bits per heavy atom. The molecule has 184 valence electrons. The van der Waals surface area contributed by atoms with E-state index in [0.29, 0.717) is 34.9 Å². The van der Waals surface area contributed by atoms with Crippen LogP contribution in [0.25, 0.3) is 6.08 Å². The van der Waals surface area contributed by atoms with Crippen molar-refractivity contribution in [2.75, 3.05) is 6.54 Å². The second-order valence-electron chi connectivity index (χ2n) is 8.41. The van der Waals surface area contributed by atoms with Crippen LogP contribution >= 0.6 is 0 Å². The Morgan fingerprint density at radius 3 is 2.00 bits per heavy atom.